The Hall–Kier alpha value is -1.78. The summed E-state index contributed by atoms with van der Waals surface area (Å²) < 4.78 is 1.63. The summed E-state index contributed by atoms with van der Waals surface area (Å²) >= 11 is 0. The molecule has 84 valence electrons. The van der Waals surface area contributed by atoms with E-state index in [2.05, 4.69) is 15.1 Å². The predicted octanol–water partition coefficient (Wildman–Crippen LogP) is 1.34. The summed E-state index contributed by atoms with van der Waals surface area (Å²) in [6, 6.07) is 1.88. The lowest BCUT2D eigenvalue weighted by atomic mass is 10.1. The van der Waals surface area contributed by atoms with Gasteiger partial charge in [-0.05, 0) is 19.4 Å². The lowest BCUT2D eigenvalue weighted by Crippen LogP contribution is -2.09. The first-order valence-electron chi connectivity index (χ1n) is 5.38. The molecule has 0 aliphatic rings. The van der Waals surface area contributed by atoms with E-state index in [-0.39, 0.29) is 5.78 Å². The highest BCUT2D eigenvalue weighted by molar-refractivity contribution is 5.80. The average Bonchev–Trinajstić information content (AvgIpc) is 2.65. The molecule has 0 aliphatic carbocycles. The Morgan fingerprint density at radius 3 is 3.06 bits per heavy atom. The number of Topliss-reactive ketones (excluding diaryl/α,β-unsaturated/α-hetero) is 1. The summed E-state index contributed by atoms with van der Waals surface area (Å²) in [5, 5.41) is 4.06. The Balaban J connectivity index is 2.35. The van der Waals surface area contributed by atoms with Crippen molar-refractivity contribution in [3.05, 3.63) is 23.8 Å². The molecule has 0 aromatic carbocycles. The van der Waals surface area contributed by atoms with Gasteiger partial charge in [0.2, 0.25) is 0 Å². The molecule has 0 unspecified atom stereocenters. The van der Waals surface area contributed by atoms with Crippen LogP contribution in [0.25, 0.3) is 5.78 Å². The molecule has 2 aromatic heterocycles. The summed E-state index contributed by atoms with van der Waals surface area (Å²) in [7, 11) is 0. The van der Waals surface area contributed by atoms with E-state index >= 15 is 0 Å². The first-order valence-corrected chi connectivity index (χ1v) is 5.38. The Labute approximate surface area is 93.5 Å². The van der Waals surface area contributed by atoms with Crippen molar-refractivity contribution in [3.8, 4) is 0 Å². The van der Waals surface area contributed by atoms with E-state index < -0.39 is 0 Å². The number of aryl methyl sites for hydroxylation is 1. The third-order valence-electron chi connectivity index (χ3n) is 2.36. The molecule has 5 nitrogen and oxygen atoms in total. The summed E-state index contributed by atoms with van der Waals surface area (Å²) in [6.07, 6.45) is 3.34. The Morgan fingerprint density at radius 1 is 1.50 bits per heavy atom. The highest BCUT2D eigenvalue weighted by Gasteiger charge is 2.09. The second-order valence-corrected chi connectivity index (χ2v) is 3.83. The molecule has 0 saturated heterocycles. The lowest BCUT2D eigenvalue weighted by molar-refractivity contribution is -0.118. The lowest BCUT2D eigenvalue weighted by Gasteiger charge is -2.03. The van der Waals surface area contributed by atoms with Crippen molar-refractivity contribution in [2.24, 2.45) is 0 Å². The van der Waals surface area contributed by atoms with Gasteiger partial charge in [-0.2, -0.15) is 10.1 Å². The fourth-order valence-electron chi connectivity index (χ4n) is 1.70. The maximum absolute atomic E-state index is 11.6. The van der Waals surface area contributed by atoms with Gasteiger partial charge in [0.25, 0.3) is 5.78 Å². The molecule has 16 heavy (non-hydrogen) atoms. The van der Waals surface area contributed by atoms with E-state index in [4.69, 9.17) is 0 Å². The van der Waals surface area contributed by atoms with Crippen molar-refractivity contribution in [2.75, 3.05) is 0 Å². The topological polar surface area (TPSA) is 60.2 Å². The number of aromatic nitrogens is 4. The largest absolute Gasteiger partial charge is 0.299 e. The quantitative estimate of drug-likeness (QED) is 0.777. The van der Waals surface area contributed by atoms with Crippen LogP contribution in [0.5, 0.6) is 0 Å². The van der Waals surface area contributed by atoms with Crippen molar-refractivity contribution < 1.29 is 4.79 Å². The number of rotatable bonds is 4. The average molecular weight is 218 g/mol. The van der Waals surface area contributed by atoms with Crippen molar-refractivity contribution in [3.63, 3.8) is 0 Å². The van der Waals surface area contributed by atoms with Crippen LogP contribution in [-0.2, 0) is 11.2 Å². The van der Waals surface area contributed by atoms with Crippen LogP contribution in [0, 0.1) is 6.92 Å². The standard InChI is InChI=1S/C11H14N4O/c1-3-4-10(16)6-9-5-8(2)14-11-12-7-13-15(9)11/h5,7H,3-4,6H2,1-2H3. The van der Waals surface area contributed by atoms with Gasteiger partial charge in [0, 0.05) is 18.5 Å². The maximum atomic E-state index is 11.6. The highest BCUT2D eigenvalue weighted by atomic mass is 16.1. The molecule has 0 spiro atoms. The molecule has 2 heterocycles. The van der Waals surface area contributed by atoms with Gasteiger partial charge in [0.1, 0.15) is 12.1 Å². The minimum Gasteiger partial charge on any atom is -0.299 e. The zero-order chi connectivity index (χ0) is 11.5. The van der Waals surface area contributed by atoms with Crippen LogP contribution in [0.3, 0.4) is 0 Å². The molecule has 0 fully saturated rings. The van der Waals surface area contributed by atoms with E-state index in [1.54, 1.807) is 4.52 Å². The van der Waals surface area contributed by atoms with Crippen molar-refractivity contribution in [1.29, 1.82) is 0 Å². The normalized spacial score (nSPS) is 10.9. The fourth-order valence-corrected chi connectivity index (χ4v) is 1.70. The van der Waals surface area contributed by atoms with Gasteiger partial charge in [-0.3, -0.25) is 4.79 Å². The second-order valence-electron chi connectivity index (χ2n) is 3.83. The summed E-state index contributed by atoms with van der Waals surface area (Å²) in [4.78, 5) is 19.9. The van der Waals surface area contributed by atoms with Crippen LogP contribution in [-0.4, -0.2) is 25.4 Å². The smallest absolute Gasteiger partial charge is 0.252 e. The van der Waals surface area contributed by atoms with Crippen LogP contribution < -0.4 is 0 Å². The van der Waals surface area contributed by atoms with Gasteiger partial charge < -0.3 is 0 Å². The van der Waals surface area contributed by atoms with Crippen LogP contribution in [0.1, 0.15) is 31.2 Å². The van der Waals surface area contributed by atoms with E-state index in [1.807, 2.05) is 19.9 Å². The SMILES string of the molecule is CCCC(=O)Cc1cc(C)nc2ncnn12. The highest BCUT2D eigenvalue weighted by Crippen LogP contribution is 2.07. The third-order valence-corrected chi connectivity index (χ3v) is 2.36. The Kier molecular flexibility index (Phi) is 2.94. The fraction of sp³-hybridized carbons (Fsp3) is 0.455. The van der Waals surface area contributed by atoms with E-state index in [9.17, 15) is 4.79 Å². The van der Waals surface area contributed by atoms with E-state index in [0.717, 1.165) is 17.8 Å². The number of carbonyl (C=O) groups is 1. The second kappa shape index (κ2) is 4.38. The predicted molar refractivity (Wildman–Crippen MR) is 59.1 cm³/mol. The number of carbonyl (C=O) groups excluding carboxylic acids is 1. The van der Waals surface area contributed by atoms with Gasteiger partial charge in [-0.15, -0.1) is 0 Å². The van der Waals surface area contributed by atoms with Crippen LogP contribution >= 0.6 is 0 Å². The van der Waals surface area contributed by atoms with Gasteiger partial charge in [-0.25, -0.2) is 9.50 Å². The molecule has 0 bridgehead atoms. The molecule has 0 N–H and O–H groups in total. The minimum absolute atomic E-state index is 0.227. The Bertz CT molecular complexity index is 518. The molecule has 0 amide bonds. The van der Waals surface area contributed by atoms with Gasteiger partial charge in [0.15, 0.2) is 0 Å². The monoisotopic (exact) mass is 218 g/mol. The summed E-state index contributed by atoms with van der Waals surface area (Å²) in [5.41, 5.74) is 1.72. The summed E-state index contributed by atoms with van der Waals surface area (Å²) in [5.74, 6) is 0.782. The van der Waals surface area contributed by atoms with Crippen molar-refractivity contribution >= 4 is 11.6 Å². The maximum Gasteiger partial charge on any atom is 0.252 e. The van der Waals surface area contributed by atoms with Crippen LogP contribution in [0.4, 0.5) is 0 Å². The van der Waals surface area contributed by atoms with Crippen molar-refractivity contribution in [1.82, 2.24) is 19.6 Å². The minimum atomic E-state index is 0.227. The molecular weight excluding hydrogens is 204 g/mol. The number of hydrogen-bond donors (Lipinski definition) is 0. The molecule has 0 atom stereocenters. The first-order chi connectivity index (χ1) is 7.70. The number of ketones is 1. The molecule has 0 saturated carbocycles. The zero-order valence-corrected chi connectivity index (χ0v) is 9.47. The molecule has 0 radical (unpaired) electrons. The molecular formula is C11H14N4O. The van der Waals surface area contributed by atoms with Gasteiger partial charge in [0.05, 0.1) is 5.69 Å². The van der Waals surface area contributed by atoms with E-state index in [0.29, 0.717) is 18.6 Å². The number of hydrogen-bond acceptors (Lipinski definition) is 4. The molecule has 5 heteroatoms. The molecule has 0 aliphatic heterocycles. The van der Waals surface area contributed by atoms with Crippen molar-refractivity contribution in [2.45, 2.75) is 33.1 Å². The third kappa shape index (κ3) is 2.08. The van der Waals surface area contributed by atoms with Crippen LogP contribution in [0.2, 0.25) is 0 Å². The van der Waals surface area contributed by atoms with Gasteiger partial charge >= 0.3 is 0 Å². The Morgan fingerprint density at radius 2 is 2.31 bits per heavy atom. The van der Waals surface area contributed by atoms with Gasteiger partial charge in [-0.1, -0.05) is 6.92 Å². The van der Waals surface area contributed by atoms with E-state index in [1.165, 1.54) is 6.33 Å². The van der Waals surface area contributed by atoms with Crippen LogP contribution in [0.15, 0.2) is 12.4 Å². The molecule has 2 rings (SSSR count). The first kappa shape index (κ1) is 10.7. The molecule has 2 aromatic rings. The number of fused-ring (bicyclic) bond motifs is 1. The number of nitrogens with zero attached hydrogens (tertiary/aromatic N) is 4. The zero-order valence-electron chi connectivity index (χ0n) is 9.47. The summed E-state index contributed by atoms with van der Waals surface area (Å²) in [6.45, 7) is 3.89.